The lowest BCUT2D eigenvalue weighted by Gasteiger charge is -2.39. The van der Waals surface area contributed by atoms with Crippen LogP contribution >= 0.6 is 11.8 Å². The van der Waals surface area contributed by atoms with Gasteiger partial charge in [0.1, 0.15) is 0 Å². The van der Waals surface area contributed by atoms with Crippen LogP contribution in [0.2, 0.25) is 0 Å². The Labute approximate surface area is 124 Å². The third-order valence-electron chi connectivity index (χ3n) is 4.83. The molecule has 2 rings (SSSR count). The predicted molar refractivity (Wildman–Crippen MR) is 87.1 cm³/mol. The molecule has 0 aromatic rings. The molecule has 2 atom stereocenters. The molecule has 0 amide bonds. The van der Waals surface area contributed by atoms with Crippen molar-refractivity contribution >= 4 is 11.8 Å². The third-order valence-corrected chi connectivity index (χ3v) is 5.53. The van der Waals surface area contributed by atoms with E-state index < -0.39 is 0 Å². The molecule has 2 saturated heterocycles. The molecule has 3 heteroatoms. The van der Waals surface area contributed by atoms with Crippen molar-refractivity contribution < 1.29 is 0 Å². The second kappa shape index (κ2) is 8.53. The summed E-state index contributed by atoms with van der Waals surface area (Å²) in [5.41, 5.74) is 0. The van der Waals surface area contributed by atoms with Crippen molar-refractivity contribution in [2.45, 2.75) is 76.4 Å². The molecule has 2 heterocycles. The normalized spacial score (nSPS) is 30.9. The van der Waals surface area contributed by atoms with E-state index in [-0.39, 0.29) is 0 Å². The summed E-state index contributed by atoms with van der Waals surface area (Å²) in [6.45, 7) is 4.84. The Balaban J connectivity index is 1.67. The van der Waals surface area contributed by atoms with E-state index in [0.29, 0.717) is 0 Å². The van der Waals surface area contributed by atoms with Crippen molar-refractivity contribution in [3.8, 4) is 0 Å². The highest BCUT2D eigenvalue weighted by atomic mass is 32.2. The Morgan fingerprint density at radius 1 is 1.11 bits per heavy atom. The molecule has 0 saturated carbocycles. The van der Waals surface area contributed by atoms with Crippen LogP contribution < -0.4 is 5.32 Å². The number of piperidine rings is 1. The van der Waals surface area contributed by atoms with Gasteiger partial charge in [0.2, 0.25) is 0 Å². The summed E-state index contributed by atoms with van der Waals surface area (Å²) in [6, 6.07) is 2.60. The number of rotatable bonds is 9. The summed E-state index contributed by atoms with van der Waals surface area (Å²) >= 11 is 1.99. The zero-order chi connectivity index (χ0) is 13.5. The molecule has 2 nitrogen and oxygen atoms in total. The molecule has 0 aromatic carbocycles. The maximum absolute atomic E-state index is 3.75. The van der Waals surface area contributed by atoms with E-state index in [1.54, 1.807) is 0 Å². The van der Waals surface area contributed by atoms with Crippen LogP contribution in [-0.4, -0.2) is 48.1 Å². The van der Waals surface area contributed by atoms with Crippen molar-refractivity contribution in [1.29, 1.82) is 0 Å². The molecule has 1 N–H and O–H groups in total. The van der Waals surface area contributed by atoms with Gasteiger partial charge in [0.25, 0.3) is 0 Å². The second-order valence-corrected chi connectivity index (χ2v) is 7.28. The fourth-order valence-electron chi connectivity index (χ4n) is 3.87. The van der Waals surface area contributed by atoms with E-state index in [4.69, 9.17) is 0 Å². The Bertz CT molecular complexity index is 233. The first-order chi connectivity index (χ1) is 9.35. The highest BCUT2D eigenvalue weighted by Crippen LogP contribution is 2.35. The fraction of sp³-hybridized carbons (Fsp3) is 1.00. The predicted octanol–water partition coefficient (Wildman–Crippen LogP) is 3.51. The summed E-state index contributed by atoms with van der Waals surface area (Å²) in [5.74, 6) is 1.34. The van der Waals surface area contributed by atoms with Crippen LogP contribution in [0.5, 0.6) is 0 Å². The molecule has 0 spiro atoms. The summed E-state index contributed by atoms with van der Waals surface area (Å²) in [7, 11) is 0. The molecule has 0 aromatic heterocycles. The summed E-state index contributed by atoms with van der Waals surface area (Å²) in [6.07, 6.45) is 13.5. The third kappa shape index (κ3) is 4.64. The van der Waals surface area contributed by atoms with Gasteiger partial charge >= 0.3 is 0 Å². The van der Waals surface area contributed by atoms with E-state index in [1.165, 1.54) is 70.2 Å². The van der Waals surface area contributed by atoms with Crippen molar-refractivity contribution in [2.24, 2.45) is 0 Å². The van der Waals surface area contributed by atoms with Crippen LogP contribution in [0.15, 0.2) is 0 Å². The zero-order valence-corrected chi connectivity index (χ0v) is 13.7. The number of thioether (sulfide) groups is 1. The number of nitrogens with one attached hydrogen (secondary N) is 1. The molecule has 2 unspecified atom stereocenters. The van der Waals surface area contributed by atoms with Crippen LogP contribution in [0.25, 0.3) is 0 Å². The highest BCUT2D eigenvalue weighted by Gasteiger charge is 2.39. The van der Waals surface area contributed by atoms with Crippen LogP contribution in [0, 0.1) is 0 Å². The summed E-state index contributed by atoms with van der Waals surface area (Å²) < 4.78 is 0. The van der Waals surface area contributed by atoms with Gasteiger partial charge in [-0.05, 0) is 70.0 Å². The van der Waals surface area contributed by atoms with E-state index in [9.17, 15) is 0 Å². The molecule has 112 valence electrons. The first-order valence-corrected chi connectivity index (χ1v) is 9.72. The van der Waals surface area contributed by atoms with Crippen molar-refractivity contribution in [2.75, 3.05) is 25.1 Å². The molecule has 2 fully saturated rings. The molecule has 0 radical (unpaired) electrons. The van der Waals surface area contributed by atoms with Crippen molar-refractivity contribution in [3.05, 3.63) is 0 Å². The standard InChI is InChI=1S/C16H32N2S/c1-3-9-17-14-12-15-7-8-16(13-14)18(15)10-5-4-6-11-19-2/h14-17H,3-13H2,1-2H3. The van der Waals surface area contributed by atoms with Gasteiger partial charge in [0, 0.05) is 18.1 Å². The Kier molecular flexibility index (Phi) is 7.03. The lowest BCUT2D eigenvalue weighted by atomic mass is 9.96. The zero-order valence-electron chi connectivity index (χ0n) is 12.9. The summed E-state index contributed by atoms with van der Waals surface area (Å²) in [4.78, 5) is 2.85. The topological polar surface area (TPSA) is 15.3 Å². The van der Waals surface area contributed by atoms with Gasteiger partial charge in [-0.25, -0.2) is 0 Å². The van der Waals surface area contributed by atoms with Gasteiger partial charge in [0.05, 0.1) is 0 Å². The first-order valence-electron chi connectivity index (χ1n) is 8.33. The minimum absolute atomic E-state index is 0.810. The van der Waals surface area contributed by atoms with E-state index >= 15 is 0 Å². The quantitative estimate of drug-likeness (QED) is 0.652. The number of unbranched alkanes of at least 4 members (excludes halogenated alkanes) is 2. The maximum atomic E-state index is 3.75. The van der Waals surface area contributed by atoms with Crippen LogP contribution in [0.1, 0.15) is 58.3 Å². The van der Waals surface area contributed by atoms with Gasteiger partial charge in [-0.1, -0.05) is 13.3 Å². The van der Waals surface area contributed by atoms with Crippen molar-refractivity contribution in [3.63, 3.8) is 0 Å². The number of nitrogens with zero attached hydrogens (tertiary/aromatic N) is 1. The fourth-order valence-corrected chi connectivity index (χ4v) is 4.36. The number of fused-ring (bicyclic) bond motifs is 2. The first kappa shape index (κ1) is 15.7. The Morgan fingerprint density at radius 2 is 1.84 bits per heavy atom. The lowest BCUT2D eigenvalue weighted by molar-refractivity contribution is 0.115. The van der Waals surface area contributed by atoms with Gasteiger partial charge in [-0.2, -0.15) is 11.8 Å². The molecule has 2 aliphatic heterocycles. The average Bonchev–Trinajstić information content (AvgIpc) is 2.67. The van der Waals surface area contributed by atoms with E-state index in [0.717, 1.165) is 18.1 Å². The van der Waals surface area contributed by atoms with Gasteiger partial charge < -0.3 is 5.32 Å². The molecular formula is C16H32N2S. The van der Waals surface area contributed by atoms with E-state index in [1.807, 2.05) is 11.8 Å². The molecular weight excluding hydrogens is 252 g/mol. The van der Waals surface area contributed by atoms with Crippen LogP contribution in [0.3, 0.4) is 0 Å². The molecule has 2 aliphatic rings. The summed E-state index contributed by atoms with van der Waals surface area (Å²) in [5, 5.41) is 3.75. The molecule has 19 heavy (non-hydrogen) atoms. The van der Waals surface area contributed by atoms with Crippen LogP contribution in [0.4, 0.5) is 0 Å². The lowest BCUT2D eigenvalue weighted by Crippen LogP contribution is -2.49. The molecule has 2 bridgehead atoms. The van der Waals surface area contributed by atoms with E-state index in [2.05, 4.69) is 23.4 Å². The molecule has 0 aliphatic carbocycles. The largest absolute Gasteiger partial charge is 0.314 e. The average molecular weight is 285 g/mol. The smallest absolute Gasteiger partial charge is 0.0114 e. The van der Waals surface area contributed by atoms with Crippen molar-refractivity contribution in [1.82, 2.24) is 10.2 Å². The van der Waals surface area contributed by atoms with Crippen LogP contribution in [-0.2, 0) is 0 Å². The van der Waals surface area contributed by atoms with Gasteiger partial charge in [-0.15, -0.1) is 0 Å². The SMILES string of the molecule is CCCNC1CC2CCC(C1)N2CCCCCSC. The monoisotopic (exact) mass is 284 g/mol. The number of hydrogen-bond acceptors (Lipinski definition) is 3. The maximum Gasteiger partial charge on any atom is 0.0114 e. The second-order valence-electron chi connectivity index (χ2n) is 6.30. The minimum Gasteiger partial charge on any atom is -0.314 e. The van der Waals surface area contributed by atoms with Gasteiger partial charge in [-0.3, -0.25) is 4.90 Å². The Hall–Kier alpha value is 0.270. The highest BCUT2D eigenvalue weighted by molar-refractivity contribution is 7.98. The Morgan fingerprint density at radius 3 is 2.47 bits per heavy atom. The van der Waals surface area contributed by atoms with Gasteiger partial charge in [0.15, 0.2) is 0 Å². The number of hydrogen-bond donors (Lipinski definition) is 1. The minimum atomic E-state index is 0.810.